The first-order chi connectivity index (χ1) is 7.68. The fourth-order valence-corrected chi connectivity index (χ4v) is 1.56. The molecule has 0 amide bonds. The molecule has 0 unspecified atom stereocenters. The molecule has 16 heavy (non-hydrogen) atoms. The third kappa shape index (κ3) is 5.93. The van der Waals surface area contributed by atoms with Gasteiger partial charge >= 0.3 is 0 Å². The first-order valence-electron chi connectivity index (χ1n) is 6.09. The van der Waals surface area contributed by atoms with E-state index in [4.69, 9.17) is 4.42 Å². The van der Waals surface area contributed by atoms with E-state index in [0.29, 0.717) is 0 Å². The maximum absolute atomic E-state index is 5.04. The molecule has 1 rings (SSSR count). The van der Waals surface area contributed by atoms with Gasteiger partial charge in [0.25, 0.3) is 0 Å². The number of hydrogen-bond acceptors (Lipinski definition) is 3. The number of nitrogens with one attached hydrogen (secondary N) is 1. The van der Waals surface area contributed by atoms with Gasteiger partial charge in [-0.2, -0.15) is 0 Å². The summed E-state index contributed by atoms with van der Waals surface area (Å²) in [5, 5.41) is 3.46. The van der Waals surface area contributed by atoms with Crippen LogP contribution in [0.25, 0.3) is 0 Å². The molecule has 3 heteroatoms. The summed E-state index contributed by atoms with van der Waals surface area (Å²) in [6.07, 6.45) is 4.79. The van der Waals surface area contributed by atoms with Crippen molar-refractivity contribution < 1.29 is 4.42 Å². The summed E-state index contributed by atoms with van der Waals surface area (Å²) in [5.74, 6) is 0.788. The highest BCUT2D eigenvalue weighted by Crippen LogP contribution is 2.02. The van der Waals surface area contributed by atoms with Crippen molar-refractivity contribution in [1.29, 1.82) is 0 Å². The molecule has 92 valence electrons. The van der Waals surface area contributed by atoms with Crippen LogP contribution in [-0.2, 0) is 6.54 Å². The second kappa shape index (κ2) is 7.47. The lowest BCUT2D eigenvalue weighted by atomic mass is 10.1. The summed E-state index contributed by atoms with van der Waals surface area (Å²) >= 11 is 0. The zero-order chi connectivity index (χ0) is 11.8. The standard InChI is InChI=1S/C13H24N2O/c1-12(2)4-6-14-7-8-15(3)10-13-5-9-16-11-13/h5,9,11-12,14H,4,6-8,10H2,1-3H3. The zero-order valence-electron chi connectivity index (χ0n) is 10.7. The number of furan rings is 1. The van der Waals surface area contributed by atoms with E-state index in [2.05, 4.69) is 31.1 Å². The molecule has 0 atom stereocenters. The van der Waals surface area contributed by atoms with Gasteiger partial charge in [-0.05, 0) is 32.0 Å². The fourth-order valence-electron chi connectivity index (χ4n) is 1.56. The van der Waals surface area contributed by atoms with Gasteiger partial charge < -0.3 is 14.6 Å². The van der Waals surface area contributed by atoms with Gasteiger partial charge in [-0.25, -0.2) is 0 Å². The largest absolute Gasteiger partial charge is 0.472 e. The first-order valence-corrected chi connectivity index (χ1v) is 6.09. The zero-order valence-corrected chi connectivity index (χ0v) is 10.7. The summed E-state index contributed by atoms with van der Waals surface area (Å²) in [4.78, 5) is 2.30. The van der Waals surface area contributed by atoms with Crippen LogP contribution < -0.4 is 5.32 Å². The highest BCUT2D eigenvalue weighted by atomic mass is 16.3. The average Bonchev–Trinajstić information content (AvgIpc) is 2.69. The van der Waals surface area contributed by atoms with Crippen LogP contribution in [0.1, 0.15) is 25.8 Å². The second-order valence-corrected chi connectivity index (χ2v) is 4.80. The number of rotatable bonds is 8. The van der Waals surface area contributed by atoms with Gasteiger partial charge in [-0.15, -0.1) is 0 Å². The molecule has 3 nitrogen and oxygen atoms in total. The Kier molecular flexibility index (Phi) is 6.19. The van der Waals surface area contributed by atoms with Gasteiger partial charge in [-0.3, -0.25) is 0 Å². The van der Waals surface area contributed by atoms with E-state index < -0.39 is 0 Å². The Morgan fingerprint density at radius 3 is 2.81 bits per heavy atom. The van der Waals surface area contributed by atoms with Crippen molar-refractivity contribution in [2.24, 2.45) is 5.92 Å². The summed E-state index contributed by atoms with van der Waals surface area (Å²) < 4.78 is 5.04. The van der Waals surface area contributed by atoms with Crippen LogP contribution in [0.4, 0.5) is 0 Å². The molecule has 0 aliphatic rings. The topological polar surface area (TPSA) is 28.4 Å². The maximum Gasteiger partial charge on any atom is 0.0947 e. The third-order valence-corrected chi connectivity index (χ3v) is 2.60. The molecule has 0 saturated carbocycles. The van der Waals surface area contributed by atoms with Crippen molar-refractivity contribution >= 4 is 0 Å². The Hall–Kier alpha value is -0.800. The number of hydrogen-bond donors (Lipinski definition) is 1. The minimum absolute atomic E-state index is 0.788. The SMILES string of the molecule is CC(C)CCNCCN(C)Cc1ccoc1. The predicted octanol–water partition coefficient (Wildman–Crippen LogP) is 2.35. The van der Waals surface area contributed by atoms with E-state index in [0.717, 1.165) is 32.1 Å². The summed E-state index contributed by atoms with van der Waals surface area (Å²) in [5.41, 5.74) is 1.24. The number of likely N-dealkylation sites (N-methyl/N-ethyl adjacent to an activating group) is 1. The Balaban J connectivity index is 2.00. The average molecular weight is 224 g/mol. The maximum atomic E-state index is 5.04. The Labute approximate surface area is 98.8 Å². The Bertz CT molecular complexity index is 257. The van der Waals surface area contributed by atoms with E-state index in [1.54, 1.807) is 6.26 Å². The van der Waals surface area contributed by atoms with E-state index in [1.807, 2.05) is 12.3 Å². The first kappa shape index (κ1) is 13.3. The minimum atomic E-state index is 0.788. The molecule has 0 spiro atoms. The Morgan fingerprint density at radius 2 is 2.19 bits per heavy atom. The van der Waals surface area contributed by atoms with Crippen LogP contribution in [0.2, 0.25) is 0 Å². The monoisotopic (exact) mass is 224 g/mol. The van der Waals surface area contributed by atoms with Crippen molar-refractivity contribution in [2.45, 2.75) is 26.8 Å². The summed E-state index contributed by atoms with van der Waals surface area (Å²) in [6.45, 7) is 8.73. The molecular formula is C13H24N2O. The van der Waals surface area contributed by atoms with E-state index >= 15 is 0 Å². The van der Waals surface area contributed by atoms with Crippen LogP contribution in [0.5, 0.6) is 0 Å². The molecule has 1 aromatic heterocycles. The highest BCUT2D eigenvalue weighted by Gasteiger charge is 2.00. The van der Waals surface area contributed by atoms with Crippen molar-refractivity contribution in [2.75, 3.05) is 26.7 Å². The smallest absolute Gasteiger partial charge is 0.0947 e. The van der Waals surface area contributed by atoms with Crippen molar-refractivity contribution in [3.63, 3.8) is 0 Å². The van der Waals surface area contributed by atoms with E-state index in [1.165, 1.54) is 12.0 Å². The van der Waals surface area contributed by atoms with Gasteiger partial charge in [0.15, 0.2) is 0 Å². The lowest BCUT2D eigenvalue weighted by molar-refractivity contribution is 0.322. The molecule has 0 aromatic carbocycles. The Morgan fingerprint density at radius 1 is 1.38 bits per heavy atom. The second-order valence-electron chi connectivity index (χ2n) is 4.80. The molecule has 0 bridgehead atoms. The molecule has 1 aromatic rings. The molecule has 0 aliphatic carbocycles. The van der Waals surface area contributed by atoms with Crippen LogP contribution in [0.15, 0.2) is 23.0 Å². The molecule has 0 radical (unpaired) electrons. The predicted molar refractivity (Wildman–Crippen MR) is 67.4 cm³/mol. The van der Waals surface area contributed by atoms with Crippen LogP contribution in [0, 0.1) is 5.92 Å². The molecular weight excluding hydrogens is 200 g/mol. The molecule has 0 aliphatic heterocycles. The van der Waals surface area contributed by atoms with Crippen LogP contribution >= 0.6 is 0 Å². The number of nitrogens with zero attached hydrogens (tertiary/aromatic N) is 1. The van der Waals surface area contributed by atoms with E-state index in [9.17, 15) is 0 Å². The molecule has 1 N–H and O–H groups in total. The fraction of sp³-hybridized carbons (Fsp3) is 0.692. The molecule has 1 heterocycles. The lowest BCUT2D eigenvalue weighted by Crippen LogP contribution is -2.29. The minimum Gasteiger partial charge on any atom is -0.472 e. The quantitative estimate of drug-likeness (QED) is 0.687. The van der Waals surface area contributed by atoms with Crippen molar-refractivity contribution in [3.05, 3.63) is 24.2 Å². The normalized spacial score (nSPS) is 11.6. The van der Waals surface area contributed by atoms with Gasteiger partial charge in [-0.1, -0.05) is 13.8 Å². The van der Waals surface area contributed by atoms with Gasteiger partial charge in [0.1, 0.15) is 0 Å². The van der Waals surface area contributed by atoms with Crippen molar-refractivity contribution in [3.8, 4) is 0 Å². The van der Waals surface area contributed by atoms with Gasteiger partial charge in [0, 0.05) is 25.2 Å². The van der Waals surface area contributed by atoms with Crippen molar-refractivity contribution in [1.82, 2.24) is 10.2 Å². The molecule has 0 fully saturated rings. The van der Waals surface area contributed by atoms with E-state index in [-0.39, 0.29) is 0 Å². The third-order valence-electron chi connectivity index (χ3n) is 2.60. The van der Waals surface area contributed by atoms with Crippen LogP contribution in [0.3, 0.4) is 0 Å². The van der Waals surface area contributed by atoms with Gasteiger partial charge in [0.2, 0.25) is 0 Å². The van der Waals surface area contributed by atoms with Gasteiger partial charge in [0.05, 0.1) is 12.5 Å². The summed E-state index contributed by atoms with van der Waals surface area (Å²) in [7, 11) is 2.14. The highest BCUT2D eigenvalue weighted by molar-refractivity contribution is 5.04. The van der Waals surface area contributed by atoms with Crippen LogP contribution in [-0.4, -0.2) is 31.6 Å². The summed E-state index contributed by atoms with van der Waals surface area (Å²) in [6, 6.07) is 2.02. The lowest BCUT2D eigenvalue weighted by Gasteiger charge is -2.16. The molecule has 0 saturated heterocycles.